The number of morpholine rings is 1. The number of halogens is 1. The summed E-state index contributed by atoms with van der Waals surface area (Å²) < 4.78 is 10.3. The van der Waals surface area contributed by atoms with Gasteiger partial charge in [-0.3, -0.25) is 9.48 Å². The molecule has 39 heavy (non-hydrogen) atoms. The smallest absolute Gasteiger partial charge is 0.256 e. The maximum Gasteiger partial charge on any atom is 0.256 e. The minimum Gasteiger partial charge on any atom is -0.378 e. The average molecular weight is 642 g/mol. The number of rotatable bonds is 5. The third-order valence-corrected chi connectivity index (χ3v) is 8.06. The number of nitrogens with zero attached hydrogens (tertiary/aromatic N) is 6. The molecule has 0 aliphatic carbocycles. The second-order valence-corrected chi connectivity index (χ2v) is 12.5. The van der Waals surface area contributed by atoms with Crippen LogP contribution in [0, 0.1) is 17.5 Å². The number of hydrogen-bond acceptors (Lipinski definition) is 6. The number of ether oxygens (including phenoxy) is 1. The molecule has 1 aliphatic heterocycles. The molecule has 4 heterocycles. The second-order valence-electron chi connectivity index (χ2n) is 11.5. The second kappa shape index (κ2) is 10.5. The van der Waals surface area contributed by atoms with Crippen molar-refractivity contribution in [2.75, 3.05) is 36.5 Å². The number of aryl methyl sites for hydroxylation is 2. The standard InChI is InChI=1S/C29H36IN7O2/c1-17(2)26-33-27-24(35-8-10-39-11-9-35)13-20(16-36(27)34-26)21-14-22(19(4)12-18(21)3)28(38)32-23-15-31-37(25(23)30)29(5,6)7/h12-17H,8-11H2,1-7H3,(H,32,38). The first kappa shape index (κ1) is 27.6. The first-order chi connectivity index (χ1) is 18.4. The van der Waals surface area contributed by atoms with Gasteiger partial charge in [-0.25, -0.2) is 9.50 Å². The number of carbonyl (C=O) groups is 1. The van der Waals surface area contributed by atoms with Gasteiger partial charge in [0.25, 0.3) is 5.91 Å². The van der Waals surface area contributed by atoms with E-state index >= 15 is 0 Å². The minimum atomic E-state index is -0.180. The summed E-state index contributed by atoms with van der Waals surface area (Å²) >= 11 is 2.24. The maximum atomic E-state index is 13.5. The van der Waals surface area contributed by atoms with Gasteiger partial charge in [-0.15, -0.1) is 0 Å². The Morgan fingerprint density at radius 2 is 1.82 bits per heavy atom. The van der Waals surface area contributed by atoms with Crippen molar-refractivity contribution in [1.82, 2.24) is 24.4 Å². The fourth-order valence-corrected chi connectivity index (χ4v) is 6.02. The van der Waals surface area contributed by atoms with Gasteiger partial charge in [0.2, 0.25) is 0 Å². The predicted octanol–water partition coefficient (Wildman–Crippen LogP) is 5.78. The highest BCUT2D eigenvalue weighted by atomic mass is 127. The number of nitrogens with one attached hydrogen (secondary N) is 1. The van der Waals surface area contributed by atoms with Gasteiger partial charge in [0.05, 0.1) is 36.3 Å². The molecule has 4 aromatic rings. The molecule has 1 amide bonds. The van der Waals surface area contributed by atoms with Crippen LogP contribution in [0.3, 0.4) is 0 Å². The molecule has 9 nitrogen and oxygen atoms in total. The Labute approximate surface area is 243 Å². The van der Waals surface area contributed by atoms with Gasteiger partial charge in [0, 0.05) is 36.3 Å². The average Bonchev–Trinajstić information content (AvgIpc) is 3.47. The van der Waals surface area contributed by atoms with E-state index < -0.39 is 0 Å². The van der Waals surface area contributed by atoms with Crippen LogP contribution in [0.25, 0.3) is 16.8 Å². The summed E-state index contributed by atoms with van der Waals surface area (Å²) in [6.45, 7) is 17.5. The molecule has 0 unspecified atom stereocenters. The topological polar surface area (TPSA) is 89.6 Å². The zero-order valence-corrected chi connectivity index (χ0v) is 25.8. The van der Waals surface area contributed by atoms with Crippen molar-refractivity contribution in [2.45, 2.75) is 59.9 Å². The molecule has 206 valence electrons. The van der Waals surface area contributed by atoms with Crippen LogP contribution >= 0.6 is 22.6 Å². The van der Waals surface area contributed by atoms with E-state index in [4.69, 9.17) is 14.8 Å². The normalized spacial score (nSPS) is 14.4. The van der Waals surface area contributed by atoms with Crippen LogP contribution in [0.15, 0.2) is 30.6 Å². The van der Waals surface area contributed by atoms with Crippen molar-refractivity contribution in [3.8, 4) is 11.1 Å². The lowest BCUT2D eigenvalue weighted by atomic mass is 9.95. The molecular formula is C29H36IN7O2. The molecular weight excluding hydrogens is 605 g/mol. The molecule has 1 N–H and O–H groups in total. The largest absolute Gasteiger partial charge is 0.378 e. The van der Waals surface area contributed by atoms with Crippen LogP contribution in [-0.4, -0.2) is 56.6 Å². The van der Waals surface area contributed by atoms with Crippen molar-refractivity contribution in [3.63, 3.8) is 0 Å². The van der Waals surface area contributed by atoms with E-state index in [-0.39, 0.29) is 17.4 Å². The van der Waals surface area contributed by atoms with Gasteiger partial charge >= 0.3 is 0 Å². The number of benzene rings is 1. The minimum absolute atomic E-state index is 0.155. The predicted molar refractivity (Wildman–Crippen MR) is 163 cm³/mol. The van der Waals surface area contributed by atoms with Gasteiger partial charge in [-0.05, 0) is 86.0 Å². The molecule has 0 radical (unpaired) electrons. The first-order valence-corrected chi connectivity index (χ1v) is 14.4. The van der Waals surface area contributed by atoms with Crippen molar-refractivity contribution in [3.05, 3.63) is 56.8 Å². The number of anilines is 2. The molecule has 1 saturated heterocycles. The molecule has 1 aliphatic rings. The monoisotopic (exact) mass is 641 g/mol. The Balaban J connectivity index is 1.57. The van der Waals surface area contributed by atoms with Crippen molar-refractivity contribution < 1.29 is 9.53 Å². The molecule has 3 aromatic heterocycles. The molecule has 0 saturated carbocycles. The fourth-order valence-electron chi connectivity index (χ4n) is 4.90. The van der Waals surface area contributed by atoms with Crippen molar-refractivity contribution >= 4 is 45.5 Å². The number of amides is 1. The molecule has 0 atom stereocenters. The van der Waals surface area contributed by atoms with Gasteiger partial charge in [-0.2, -0.15) is 10.2 Å². The SMILES string of the molecule is Cc1cc(C)c(-c2cc(N3CCOCC3)c3nc(C(C)C)nn3c2)cc1C(=O)Nc1cnn(C(C)(C)C)c1I. The van der Waals surface area contributed by atoms with Gasteiger partial charge in [-0.1, -0.05) is 19.9 Å². The Bertz CT molecular complexity index is 1540. The zero-order valence-electron chi connectivity index (χ0n) is 23.7. The number of hydrogen-bond donors (Lipinski definition) is 1. The molecule has 0 spiro atoms. The van der Waals surface area contributed by atoms with Crippen LogP contribution in [0.4, 0.5) is 11.4 Å². The summed E-state index contributed by atoms with van der Waals surface area (Å²) in [5, 5.41) is 12.4. The van der Waals surface area contributed by atoms with E-state index in [9.17, 15) is 4.79 Å². The van der Waals surface area contributed by atoms with E-state index in [0.29, 0.717) is 24.5 Å². The molecule has 1 fully saturated rings. The maximum absolute atomic E-state index is 13.5. The van der Waals surface area contributed by atoms with E-state index in [1.54, 1.807) is 6.20 Å². The third-order valence-electron chi connectivity index (χ3n) is 7.02. The van der Waals surface area contributed by atoms with Crippen LogP contribution in [0.2, 0.25) is 0 Å². The van der Waals surface area contributed by atoms with Crippen LogP contribution in [0.1, 0.15) is 67.8 Å². The summed E-state index contributed by atoms with van der Waals surface area (Å²) in [5.74, 6) is 0.873. The first-order valence-electron chi connectivity index (χ1n) is 13.3. The summed E-state index contributed by atoms with van der Waals surface area (Å²) in [5.41, 5.74) is 7.03. The number of carbonyl (C=O) groups excluding carboxylic acids is 1. The van der Waals surface area contributed by atoms with E-state index in [0.717, 1.165) is 56.2 Å². The van der Waals surface area contributed by atoms with E-state index in [1.165, 1.54) is 0 Å². The van der Waals surface area contributed by atoms with Crippen LogP contribution in [0.5, 0.6) is 0 Å². The molecule has 10 heteroatoms. The summed E-state index contributed by atoms with van der Waals surface area (Å²) in [6.07, 6.45) is 3.74. The quantitative estimate of drug-likeness (QED) is 0.278. The molecule has 1 aromatic carbocycles. The third kappa shape index (κ3) is 5.41. The Morgan fingerprint density at radius 1 is 1.10 bits per heavy atom. The Morgan fingerprint density at radius 3 is 2.46 bits per heavy atom. The lowest BCUT2D eigenvalue weighted by Gasteiger charge is -2.29. The van der Waals surface area contributed by atoms with E-state index in [1.807, 2.05) is 28.4 Å². The van der Waals surface area contributed by atoms with Crippen LogP contribution < -0.4 is 10.2 Å². The van der Waals surface area contributed by atoms with Crippen molar-refractivity contribution in [2.24, 2.45) is 0 Å². The van der Waals surface area contributed by atoms with Gasteiger partial charge in [0.15, 0.2) is 11.5 Å². The van der Waals surface area contributed by atoms with Gasteiger partial charge < -0.3 is 15.0 Å². The lowest BCUT2D eigenvalue weighted by molar-refractivity contribution is 0.102. The highest BCUT2D eigenvalue weighted by Gasteiger charge is 2.23. The fraction of sp³-hybridized carbons (Fsp3) is 0.448. The zero-order chi connectivity index (χ0) is 28.1. The molecule has 5 rings (SSSR count). The summed E-state index contributed by atoms with van der Waals surface area (Å²) in [4.78, 5) is 20.7. The Hall–Kier alpha value is -2.99. The summed E-state index contributed by atoms with van der Waals surface area (Å²) in [6, 6.07) is 6.24. The Kier molecular flexibility index (Phi) is 7.45. The highest BCUT2D eigenvalue weighted by Crippen LogP contribution is 2.33. The highest BCUT2D eigenvalue weighted by molar-refractivity contribution is 14.1. The number of aromatic nitrogens is 5. The lowest BCUT2D eigenvalue weighted by Crippen LogP contribution is -2.36. The summed E-state index contributed by atoms with van der Waals surface area (Å²) in [7, 11) is 0. The molecule has 0 bridgehead atoms. The van der Waals surface area contributed by atoms with E-state index in [2.05, 4.69) is 91.6 Å². The van der Waals surface area contributed by atoms with Crippen LogP contribution in [-0.2, 0) is 10.3 Å². The number of pyridine rings is 1. The van der Waals surface area contributed by atoms with Gasteiger partial charge in [0.1, 0.15) is 3.70 Å². The van der Waals surface area contributed by atoms with Crippen molar-refractivity contribution in [1.29, 1.82) is 0 Å². The number of fused-ring (bicyclic) bond motifs is 1.